The van der Waals surface area contributed by atoms with E-state index in [2.05, 4.69) is 131 Å². The fraction of sp³-hybridized carbons (Fsp3) is 0.0476. The largest absolute Gasteiger partial charge is 0.317 e. The maximum absolute atomic E-state index is 4.71. The Morgan fingerprint density at radius 1 is 0.435 bits per heavy atom. The van der Waals surface area contributed by atoms with E-state index in [1.165, 1.54) is 43.5 Å². The highest BCUT2D eigenvalue weighted by Crippen LogP contribution is 2.40. The molecule has 220 valence electrons. The molecule has 0 spiro atoms. The van der Waals surface area contributed by atoms with Gasteiger partial charge in [-0.15, -0.1) is 0 Å². The molecule has 0 amide bonds. The number of rotatable bonds is 4. The summed E-state index contributed by atoms with van der Waals surface area (Å²) in [6.07, 6.45) is 5.88. The Kier molecular flexibility index (Phi) is 6.88. The summed E-state index contributed by atoms with van der Waals surface area (Å²) >= 11 is 0. The predicted molar refractivity (Wildman–Crippen MR) is 193 cm³/mol. The Balaban J connectivity index is 0.00000153. The lowest BCUT2D eigenvalue weighted by Gasteiger charge is -2.14. The first-order valence-electron chi connectivity index (χ1n) is 15.8. The van der Waals surface area contributed by atoms with Crippen LogP contribution in [0.3, 0.4) is 0 Å². The lowest BCUT2D eigenvalue weighted by molar-refractivity contribution is 1.13. The molecule has 4 aromatic heterocycles. The molecule has 0 aliphatic rings. The quantitative estimate of drug-likeness (QED) is 0.204. The summed E-state index contributed by atoms with van der Waals surface area (Å²) in [5.74, 6) is 0. The molecule has 0 saturated heterocycles. The van der Waals surface area contributed by atoms with Crippen LogP contribution >= 0.6 is 0 Å². The molecule has 0 bridgehead atoms. The zero-order chi connectivity index (χ0) is 31.0. The average Bonchev–Trinajstić information content (AvgIpc) is 3.73. The van der Waals surface area contributed by atoms with E-state index < -0.39 is 0 Å². The SMILES string of the molecule is CC.c1ccc(-n2ccc3c4ccc5c6ccccc6n(-c6cc(-c7ccccn7)cc(-c7ccccn7)c6)c5c4ccc32)cc1. The van der Waals surface area contributed by atoms with Crippen molar-refractivity contribution in [2.24, 2.45) is 0 Å². The summed E-state index contributed by atoms with van der Waals surface area (Å²) in [6.45, 7) is 4.00. The zero-order valence-corrected chi connectivity index (χ0v) is 25.8. The van der Waals surface area contributed by atoms with Gasteiger partial charge in [0.25, 0.3) is 0 Å². The molecule has 0 aliphatic heterocycles. The molecule has 0 radical (unpaired) electrons. The summed E-state index contributed by atoms with van der Waals surface area (Å²) in [4.78, 5) is 9.42. The van der Waals surface area contributed by atoms with E-state index in [0.29, 0.717) is 0 Å². The van der Waals surface area contributed by atoms with Crippen LogP contribution in [0.5, 0.6) is 0 Å². The second-order valence-corrected chi connectivity index (χ2v) is 11.1. The molecule has 46 heavy (non-hydrogen) atoms. The maximum atomic E-state index is 4.71. The molecule has 9 rings (SSSR count). The van der Waals surface area contributed by atoms with Crippen LogP contribution in [-0.2, 0) is 0 Å². The topological polar surface area (TPSA) is 35.6 Å². The van der Waals surface area contributed by atoms with Gasteiger partial charge in [-0.1, -0.05) is 80.6 Å². The first-order chi connectivity index (χ1) is 22.8. The fourth-order valence-electron chi connectivity index (χ4n) is 6.68. The van der Waals surface area contributed by atoms with Crippen LogP contribution in [0.15, 0.2) is 158 Å². The van der Waals surface area contributed by atoms with Gasteiger partial charge in [0.1, 0.15) is 0 Å². The van der Waals surface area contributed by atoms with Crippen LogP contribution in [0, 0.1) is 0 Å². The van der Waals surface area contributed by atoms with E-state index in [1.807, 2.05) is 50.5 Å². The lowest BCUT2D eigenvalue weighted by Crippen LogP contribution is -1.97. The Morgan fingerprint density at radius 3 is 1.72 bits per heavy atom. The van der Waals surface area contributed by atoms with Crippen LogP contribution in [-0.4, -0.2) is 19.1 Å². The number of pyridine rings is 2. The third-order valence-corrected chi connectivity index (χ3v) is 8.63. The number of hydrogen-bond donors (Lipinski definition) is 0. The van der Waals surface area contributed by atoms with E-state index >= 15 is 0 Å². The normalized spacial score (nSPS) is 11.3. The third kappa shape index (κ3) is 4.46. The molecular weight excluding hydrogens is 560 g/mol. The van der Waals surface area contributed by atoms with E-state index in [4.69, 9.17) is 9.97 Å². The van der Waals surface area contributed by atoms with Crippen LogP contribution in [0.2, 0.25) is 0 Å². The van der Waals surface area contributed by atoms with Gasteiger partial charge < -0.3 is 9.13 Å². The summed E-state index contributed by atoms with van der Waals surface area (Å²) in [5, 5.41) is 6.16. The highest BCUT2D eigenvalue weighted by molar-refractivity contribution is 6.23. The average molecular weight is 593 g/mol. The van der Waals surface area contributed by atoms with Gasteiger partial charge in [-0.05, 0) is 78.2 Å². The van der Waals surface area contributed by atoms with Crippen molar-refractivity contribution in [3.05, 3.63) is 158 Å². The summed E-state index contributed by atoms with van der Waals surface area (Å²) in [5.41, 5.74) is 9.77. The molecule has 0 saturated carbocycles. The lowest BCUT2D eigenvalue weighted by atomic mass is 10.0. The van der Waals surface area contributed by atoms with Gasteiger partial charge in [0.15, 0.2) is 0 Å². The van der Waals surface area contributed by atoms with Gasteiger partial charge in [-0.3, -0.25) is 9.97 Å². The van der Waals surface area contributed by atoms with Crippen molar-refractivity contribution in [2.45, 2.75) is 13.8 Å². The van der Waals surface area contributed by atoms with Crippen molar-refractivity contribution < 1.29 is 0 Å². The smallest absolute Gasteiger partial charge is 0.0702 e. The molecule has 4 heteroatoms. The maximum Gasteiger partial charge on any atom is 0.0702 e. The molecule has 0 aliphatic carbocycles. The predicted octanol–water partition coefficient (Wildman–Crippen LogP) is 11.0. The molecule has 4 heterocycles. The number of hydrogen-bond acceptors (Lipinski definition) is 2. The second-order valence-electron chi connectivity index (χ2n) is 11.1. The van der Waals surface area contributed by atoms with Crippen LogP contribution in [0.25, 0.3) is 77.4 Å². The van der Waals surface area contributed by atoms with Crippen LogP contribution in [0.1, 0.15) is 13.8 Å². The van der Waals surface area contributed by atoms with Crippen molar-refractivity contribution in [1.82, 2.24) is 19.1 Å². The fourth-order valence-corrected chi connectivity index (χ4v) is 6.68. The minimum atomic E-state index is 0.932. The molecule has 0 fully saturated rings. The van der Waals surface area contributed by atoms with Crippen LogP contribution in [0.4, 0.5) is 0 Å². The van der Waals surface area contributed by atoms with E-state index in [9.17, 15) is 0 Å². The minimum Gasteiger partial charge on any atom is -0.317 e. The van der Waals surface area contributed by atoms with Gasteiger partial charge in [-0.25, -0.2) is 0 Å². The number of benzene rings is 5. The first-order valence-corrected chi connectivity index (χ1v) is 15.8. The molecule has 9 aromatic rings. The number of para-hydroxylation sites is 2. The zero-order valence-electron chi connectivity index (χ0n) is 25.8. The van der Waals surface area contributed by atoms with Crippen LogP contribution < -0.4 is 0 Å². The van der Waals surface area contributed by atoms with Crippen molar-refractivity contribution in [1.29, 1.82) is 0 Å². The van der Waals surface area contributed by atoms with E-state index in [1.54, 1.807) is 0 Å². The molecule has 5 aromatic carbocycles. The summed E-state index contributed by atoms with van der Waals surface area (Å²) in [7, 11) is 0. The Morgan fingerprint density at radius 2 is 1.02 bits per heavy atom. The van der Waals surface area contributed by atoms with Gasteiger partial charge in [-0.2, -0.15) is 0 Å². The van der Waals surface area contributed by atoms with E-state index in [0.717, 1.165) is 33.9 Å². The van der Waals surface area contributed by atoms with Crippen molar-refractivity contribution in [3.8, 4) is 33.9 Å². The third-order valence-electron chi connectivity index (χ3n) is 8.63. The Bertz CT molecular complexity index is 2420. The van der Waals surface area contributed by atoms with Gasteiger partial charge >= 0.3 is 0 Å². The number of aromatic nitrogens is 4. The number of fused-ring (bicyclic) bond motifs is 7. The molecule has 0 unspecified atom stereocenters. The highest BCUT2D eigenvalue weighted by Gasteiger charge is 2.18. The first kappa shape index (κ1) is 27.5. The van der Waals surface area contributed by atoms with Crippen molar-refractivity contribution in [2.75, 3.05) is 0 Å². The Labute approximate surface area is 267 Å². The highest BCUT2D eigenvalue weighted by atomic mass is 15.0. The van der Waals surface area contributed by atoms with Crippen molar-refractivity contribution >= 4 is 43.5 Å². The second kappa shape index (κ2) is 11.5. The minimum absolute atomic E-state index is 0.932. The number of nitrogens with zero attached hydrogens (tertiary/aromatic N) is 4. The standard InChI is InChI=1S/C40H26N4.C2H6/c1-2-10-29(11-3-1)43-23-20-33-31-16-17-35-32-12-4-5-15-39(32)44(40(35)34(31)18-19-38(33)43)30-25-27(36-13-6-8-21-41-36)24-28(26-30)37-14-7-9-22-42-37;1-2/h1-26H;1-2H3. The molecule has 4 nitrogen and oxygen atoms in total. The van der Waals surface area contributed by atoms with E-state index in [-0.39, 0.29) is 0 Å². The van der Waals surface area contributed by atoms with Crippen molar-refractivity contribution in [3.63, 3.8) is 0 Å². The molecule has 0 atom stereocenters. The molecular formula is C42H32N4. The molecule has 0 N–H and O–H groups in total. The summed E-state index contributed by atoms with van der Waals surface area (Å²) in [6, 6.07) is 49.4. The van der Waals surface area contributed by atoms with Gasteiger partial charge in [0, 0.05) is 62.6 Å². The van der Waals surface area contributed by atoms with Gasteiger partial charge in [0.05, 0.1) is 27.9 Å². The Hall–Kier alpha value is -6.00. The van der Waals surface area contributed by atoms with Gasteiger partial charge in [0.2, 0.25) is 0 Å². The summed E-state index contributed by atoms with van der Waals surface area (Å²) < 4.78 is 4.69. The monoisotopic (exact) mass is 592 g/mol.